The summed E-state index contributed by atoms with van der Waals surface area (Å²) in [7, 11) is 1.79. The number of hydrogen-bond acceptors (Lipinski definition) is 4. The third-order valence-electron chi connectivity index (χ3n) is 4.35. The molecule has 0 atom stereocenters. The Hall–Kier alpha value is -1.63. The van der Waals surface area contributed by atoms with Crippen molar-refractivity contribution in [1.29, 1.82) is 0 Å². The van der Waals surface area contributed by atoms with Gasteiger partial charge in [0.1, 0.15) is 0 Å². The summed E-state index contributed by atoms with van der Waals surface area (Å²) in [4.78, 5) is 28.6. The summed E-state index contributed by atoms with van der Waals surface area (Å²) in [6.45, 7) is 4.52. The highest BCUT2D eigenvalue weighted by atomic mass is 35.5. The summed E-state index contributed by atoms with van der Waals surface area (Å²) in [5.74, 6) is 0.00789. The Morgan fingerprint density at radius 2 is 2.17 bits per heavy atom. The molecule has 1 N–H and O–H groups in total. The predicted octanol–water partition coefficient (Wildman–Crippen LogP) is 2.25. The van der Waals surface area contributed by atoms with Crippen LogP contribution < -0.4 is 5.32 Å². The molecular formula is C17H20ClN3O2S. The summed E-state index contributed by atoms with van der Waals surface area (Å²) in [6, 6.07) is 5.85. The first-order valence-corrected chi connectivity index (χ1v) is 9.04. The zero-order valence-electron chi connectivity index (χ0n) is 13.8. The molecule has 0 spiro atoms. The molecule has 1 saturated heterocycles. The normalized spacial score (nSPS) is 16.0. The van der Waals surface area contributed by atoms with Crippen LogP contribution in [-0.4, -0.2) is 54.8 Å². The van der Waals surface area contributed by atoms with Crippen molar-refractivity contribution in [2.75, 3.05) is 33.2 Å². The number of amides is 2. The van der Waals surface area contributed by atoms with Crippen molar-refractivity contribution >= 4 is 44.8 Å². The number of piperazine rings is 1. The van der Waals surface area contributed by atoms with Crippen LogP contribution in [0.1, 0.15) is 10.4 Å². The highest BCUT2D eigenvalue weighted by molar-refractivity contribution is 7.19. The predicted molar refractivity (Wildman–Crippen MR) is 97.5 cm³/mol. The van der Waals surface area contributed by atoms with Gasteiger partial charge in [-0.05, 0) is 36.1 Å². The number of halogens is 1. The van der Waals surface area contributed by atoms with Crippen LogP contribution in [-0.2, 0) is 16.1 Å². The van der Waals surface area contributed by atoms with Gasteiger partial charge >= 0.3 is 0 Å². The molecule has 1 aromatic carbocycles. The topological polar surface area (TPSA) is 52.7 Å². The molecule has 5 nitrogen and oxygen atoms in total. The fourth-order valence-corrected chi connectivity index (χ4v) is 4.10. The van der Waals surface area contributed by atoms with Crippen molar-refractivity contribution in [2.45, 2.75) is 13.5 Å². The van der Waals surface area contributed by atoms with Gasteiger partial charge in [0.2, 0.25) is 11.8 Å². The van der Waals surface area contributed by atoms with Gasteiger partial charge < -0.3 is 10.2 Å². The number of fused-ring (bicyclic) bond motifs is 1. The fourth-order valence-electron chi connectivity index (χ4n) is 2.79. The zero-order chi connectivity index (χ0) is 17.3. The van der Waals surface area contributed by atoms with Gasteiger partial charge in [0, 0.05) is 34.7 Å². The van der Waals surface area contributed by atoms with E-state index in [1.54, 1.807) is 23.3 Å². The third-order valence-corrected chi connectivity index (χ3v) is 5.85. The maximum atomic E-state index is 12.2. The van der Waals surface area contributed by atoms with E-state index >= 15 is 0 Å². The number of hydrogen-bond donors (Lipinski definition) is 1. The van der Waals surface area contributed by atoms with Crippen LogP contribution in [0.25, 0.3) is 10.1 Å². The smallest absolute Gasteiger partial charge is 0.236 e. The lowest BCUT2D eigenvalue weighted by Gasteiger charge is -2.31. The van der Waals surface area contributed by atoms with E-state index < -0.39 is 0 Å². The number of aryl methyl sites for hydroxylation is 1. The van der Waals surface area contributed by atoms with Gasteiger partial charge in [0.05, 0.1) is 19.6 Å². The number of likely N-dealkylation sites (N-methyl/N-ethyl adjacent to an activating group) is 1. The molecule has 2 aromatic rings. The summed E-state index contributed by atoms with van der Waals surface area (Å²) in [5.41, 5.74) is 1.16. The van der Waals surface area contributed by atoms with Crippen molar-refractivity contribution < 1.29 is 9.59 Å². The SMILES string of the molecule is Cc1c(CNC(=O)CN2CCN(C)C(=O)C2)sc2ccc(Cl)cc12. The molecule has 2 amide bonds. The average Bonchev–Trinajstić information content (AvgIpc) is 2.85. The van der Waals surface area contributed by atoms with Crippen LogP contribution in [0.5, 0.6) is 0 Å². The minimum absolute atomic E-state index is 0.0535. The standard InChI is InChI=1S/C17H20ClN3O2S/c1-11-13-7-12(18)3-4-14(13)24-15(11)8-19-16(22)9-21-6-5-20(2)17(23)10-21/h3-4,7H,5-6,8-10H2,1-2H3,(H,19,22). The van der Waals surface area contributed by atoms with Crippen LogP contribution in [0.3, 0.4) is 0 Å². The average molecular weight is 366 g/mol. The van der Waals surface area contributed by atoms with E-state index in [1.165, 1.54) is 4.70 Å². The molecule has 128 valence electrons. The number of carbonyl (C=O) groups is 2. The number of carbonyl (C=O) groups excluding carboxylic acids is 2. The minimum Gasteiger partial charge on any atom is -0.350 e. The summed E-state index contributed by atoms with van der Waals surface area (Å²) < 4.78 is 1.17. The lowest BCUT2D eigenvalue weighted by molar-refractivity contribution is -0.135. The molecule has 1 aromatic heterocycles. The Labute approximate surface area is 150 Å². The van der Waals surface area contributed by atoms with Crippen LogP contribution in [0, 0.1) is 6.92 Å². The van der Waals surface area contributed by atoms with E-state index in [1.807, 2.05) is 23.1 Å². The van der Waals surface area contributed by atoms with Crippen molar-refractivity contribution in [3.8, 4) is 0 Å². The Balaban J connectivity index is 1.58. The number of nitrogens with one attached hydrogen (secondary N) is 1. The lowest BCUT2D eigenvalue weighted by atomic mass is 10.1. The molecule has 1 aliphatic heterocycles. The number of benzene rings is 1. The van der Waals surface area contributed by atoms with E-state index in [0.717, 1.165) is 27.4 Å². The molecule has 24 heavy (non-hydrogen) atoms. The molecule has 3 rings (SSSR count). The monoisotopic (exact) mass is 365 g/mol. The Bertz CT molecular complexity index is 789. The van der Waals surface area contributed by atoms with Crippen molar-refractivity contribution in [1.82, 2.24) is 15.1 Å². The molecule has 7 heteroatoms. The minimum atomic E-state index is -0.0535. The number of thiophene rings is 1. The molecule has 2 heterocycles. The molecular weight excluding hydrogens is 346 g/mol. The molecule has 0 radical (unpaired) electrons. The zero-order valence-corrected chi connectivity index (χ0v) is 15.3. The summed E-state index contributed by atoms with van der Waals surface area (Å²) in [6.07, 6.45) is 0. The molecule has 1 aliphatic rings. The second-order valence-corrected chi connectivity index (χ2v) is 7.67. The Morgan fingerprint density at radius 1 is 1.38 bits per heavy atom. The maximum Gasteiger partial charge on any atom is 0.236 e. The molecule has 0 bridgehead atoms. The van der Waals surface area contributed by atoms with Gasteiger partial charge in [0.25, 0.3) is 0 Å². The highest BCUT2D eigenvalue weighted by Gasteiger charge is 2.22. The van der Waals surface area contributed by atoms with E-state index in [0.29, 0.717) is 19.6 Å². The number of rotatable bonds is 4. The summed E-state index contributed by atoms with van der Waals surface area (Å²) >= 11 is 7.73. The number of nitrogens with zero attached hydrogens (tertiary/aromatic N) is 2. The largest absolute Gasteiger partial charge is 0.350 e. The maximum absolute atomic E-state index is 12.2. The first-order chi connectivity index (χ1) is 11.4. The van der Waals surface area contributed by atoms with Gasteiger partial charge in [-0.15, -0.1) is 11.3 Å². The van der Waals surface area contributed by atoms with Crippen LogP contribution >= 0.6 is 22.9 Å². The van der Waals surface area contributed by atoms with Crippen LogP contribution in [0.2, 0.25) is 5.02 Å². The molecule has 0 saturated carbocycles. The highest BCUT2D eigenvalue weighted by Crippen LogP contribution is 2.32. The quantitative estimate of drug-likeness (QED) is 0.904. The first-order valence-electron chi connectivity index (χ1n) is 7.84. The van der Waals surface area contributed by atoms with Crippen molar-refractivity contribution in [3.63, 3.8) is 0 Å². The van der Waals surface area contributed by atoms with Crippen molar-refractivity contribution in [2.24, 2.45) is 0 Å². The van der Waals surface area contributed by atoms with E-state index in [9.17, 15) is 9.59 Å². The molecule has 0 unspecified atom stereocenters. The van der Waals surface area contributed by atoms with E-state index in [4.69, 9.17) is 11.6 Å². The van der Waals surface area contributed by atoms with E-state index in [-0.39, 0.29) is 18.4 Å². The lowest BCUT2D eigenvalue weighted by Crippen LogP contribution is -2.51. The van der Waals surface area contributed by atoms with Crippen LogP contribution in [0.15, 0.2) is 18.2 Å². The van der Waals surface area contributed by atoms with Crippen LogP contribution in [0.4, 0.5) is 0 Å². The summed E-state index contributed by atoms with van der Waals surface area (Å²) in [5, 5.41) is 4.82. The molecule has 0 aliphatic carbocycles. The first kappa shape index (κ1) is 17.2. The molecule has 1 fully saturated rings. The van der Waals surface area contributed by atoms with Gasteiger partial charge in [-0.25, -0.2) is 0 Å². The Kier molecular flexibility index (Phi) is 5.08. The van der Waals surface area contributed by atoms with Gasteiger partial charge in [0.15, 0.2) is 0 Å². The van der Waals surface area contributed by atoms with Gasteiger partial charge in [-0.2, -0.15) is 0 Å². The second kappa shape index (κ2) is 7.09. The fraction of sp³-hybridized carbons (Fsp3) is 0.412. The Morgan fingerprint density at radius 3 is 2.92 bits per heavy atom. The second-order valence-electron chi connectivity index (χ2n) is 6.09. The van der Waals surface area contributed by atoms with Gasteiger partial charge in [-0.1, -0.05) is 11.6 Å². The van der Waals surface area contributed by atoms with Crippen molar-refractivity contribution in [3.05, 3.63) is 33.7 Å². The van der Waals surface area contributed by atoms with E-state index in [2.05, 4.69) is 12.2 Å². The third kappa shape index (κ3) is 3.71. The van der Waals surface area contributed by atoms with Gasteiger partial charge in [-0.3, -0.25) is 14.5 Å².